The fourth-order valence-corrected chi connectivity index (χ4v) is 8.14. The van der Waals surface area contributed by atoms with E-state index in [1.165, 1.54) is 9.60 Å². The maximum absolute atomic E-state index is 11.7. The third-order valence-electron chi connectivity index (χ3n) is 6.44. The fraction of sp³-hybridized carbons (Fsp3) is 0.214. The second-order valence-electron chi connectivity index (χ2n) is 8.96. The van der Waals surface area contributed by atoms with Crippen LogP contribution in [0.15, 0.2) is 91.3 Å². The average Bonchev–Trinajstić information content (AvgIpc) is 3.61. The monoisotopic (exact) mass is 647 g/mol. The largest absolute Gasteiger partial charge is 0.343 e. The number of amides is 1. The summed E-state index contributed by atoms with van der Waals surface area (Å²) in [5.74, 6) is 1.34. The van der Waals surface area contributed by atoms with Gasteiger partial charge in [0.05, 0.1) is 20.8 Å². The summed E-state index contributed by atoms with van der Waals surface area (Å²) in [6.07, 6.45) is 5.70. The van der Waals surface area contributed by atoms with E-state index in [9.17, 15) is 4.79 Å². The minimum atomic E-state index is 0. The number of anilines is 2. The Balaban J connectivity index is 0.00000185. The molecule has 1 fully saturated rings. The first-order chi connectivity index (χ1) is 18.6. The molecule has 40 heavy (non-hydrogen) atoms. The number of thiazole rings is 1. The van der Waals surface area contributed by atoms with E-state index in [4.69, 9.17) is 9.97 Å². The van der Waals surface area contributed by atoms with Crippen LogP contribution < -0.4 is 5.32 Å². The minimum Gasteiger partial charge on any atom is -0.343 e. The van der Waals surface area contributed by atoms with Crippen LogP contribution in [0.4, 0.5) is 10.9 Å². The van der Waals surface area contributed by atoms with E-state index in [2.05, 4.69) is 63.5 Å². The maximum atomic E-state index is 11.7. The van der Waals surface area contributed by atoms with Gasteiger partial charge in [0.15, 0.2) is 5.13 Å². The smallest absolute Gasteiger partial charge is 0.219 e. The number of carbonyl (C=O) groups is 1. The highest BCUT2D eigenvalue weighted by atomic mass is 35.5. The Morgan fingerprint density at radius 3 is 2.52 bits per heavy atom. The van der Waals surface area contributed by atoms with E-state index in [1.54, 1.807) is 53.1 Å². The third-order valence-corrected chi connectivity index (χ3v) is 10.3. The number of hydrogen-bond donors (Lipinski definition) is 1. The van der Waals surface area contributed by atoms with E-state index < -0.39 is 0 Å². The van der Waals surface area contributed by atoms with Crippen LogP contribution in [0.1, 0.15) is 31.4 Å². The lowest BCUT2D eigenvalue weighted by Crippen LogP contribution is -2.36. The zero-order valence-corrected chi connectivity index (χ0v) is 26.4. The number of piperidine rings is 1. The van der Waals surface area contributed by atoms with E-state index in [0.29, 0.717) is 5.92 Å². The second-order valence-corrected chi connectivity index (χ2v) is 13.0. The molecule has 0 aliphatic carbocycles. The lowest BCUT2D eigenvalue weighted by atomic mass is 9.94. The minimum absolute atomic E-state index is 0. The quantitative estimate of drug-likeness (QED) is 0.189. The van der Waals surface area contributed by atoms with Gasteiger partial charge in [-0.05, 0) is 48.6 Å². The molecule has 0 bridgehead atoms. The SMILES string of the molecule is CC(=O)N1CCC(c2csc(Nc3ncc(Sc4ccnc5ccsc45)cc3Sc3ccccc3)n2)CC1.Cl.Cl. The highest BCUT2D eigenvalue weighted by molar-refractivity contribution is 8.00. The van der Waals surface area contributed by atoms with Crippen LogP contribution in [0, 0.1) is 0 Å². The number of thiophene rings is 1. The van der Waals surface area contributed by atoms with Crippen LogP contribution in [-0.2, 0) is 4.79 Å². The normalized spacial score (nSPS) is 13.5. The number of nitrogens with one attached hydrogen (secondary N) is 1. The molecule has 0 spiro atoms. The molecule has 6 nitrogen and oxygen atoms in total. The van der Waals surface area contributed by atoms with Crippen molar-refractivity contribution >= 4 is 98.1 Å². The summed E-state index contributed by atoms with van der Waals surface area (Å²) in [7, 11) is 0. The van der Waals surface area contributed by atoms with Crippen LogP contribution >= 0.6 is 71.0 Å². The molecular formula is C28H27Cl2N5OS4. The van der Waals surface area contributed by atoms with Crippen LogP contribution in [0.3, 0.4) is 0 Å². The zero-order valence-electron chi connectivity index (χ0n) is 21.5. The molecule has 1 aliphatic heterocycles. The number of benzene rings is 1. The zero-order chi connectivity index (χ0) is 25.9. The molecule has 5 aromatic rings. The Labute approximate surface area is 262 Å². The van der Waals surface area contributed by atoms with Gasteiger partial charge in [0, 0.05) is 58.4 Å². The predicted octanol–water partition coefficient (Wildman–Crippen LogP) is 8.76. The molecule has 0 saturated carbocycles. The molecule has 1 saturated heterocycles. The number of rotatable bonds is 7. The number of pyridine rings is 2. The molecule has 0 unspecified atom stereocenters. The van der Waals surface area contributed by atoms with Crippen molar-refractivity contribution in [2.75, 3.05) is 18.4 Å². The molecule has 4 aromatic heterocycles. The highest BCUT2D eigenvalue weighted by Crippen LogP contribution is 2.40. The predicted molar refractivity (Wildman–Crippen MR) is 173 cm³/mol. The van der Waals surface area contributed by atoms with Crippen molar-refractivity contribution in [2.24, 2.45) is 0 Å². The van der Waals surface area contributed by atoms with Gasteiger partial charge in [0.2, 0.25) is 5.91 Å². The number of nitrogens with zero attached hydrogens (tertiary/aromatic N) is 4. The van der Waals surface area contributed by atoms with E-state index in [-0.39, 0.29) is 30.7 Å². The van der Waals surface area contributed by atoms with Gasteiger partial charge in [-0.15, -0.1) is 47.5 Å². The van der Waals surface area contributed by atoms with Crippen molar-refractivity contribution in [1.82, 2.24) is 19.9 Å². The average molecular weight is 649 g/mol. The first-order valence-electron chi connectivity index (χ1n) is 12.3. The third kappa shape index (κ3) is 7.10. The van der Waals surface area contributed by atoms with Gasteiger partial charge in [-0.25, -0.2) is 9.97 Å². The molecule has 12 heteroatoms. The molecule has 6 rings (SSSR count). The van der Waals surface area contributed by atoms with Crippen molar-refractivity contribution < 1.29 is 4.79 Å². The molecule has 208 valence electrons. The second kappa shape index (κ2) is 14.0. The van der Waals surface area contributed by atoms with Gasteiger partial charge in [-0.1, -0.05) is 41.7 Å². The summed E-state index contributed by atoms with van der Waals surface area (Å²) in [5.41, 5.74) is 2.12. The van der Waals surface area contributed by atoms with Crippen molar-refractivity contribution in [2.45, 2.75) is 45.3 Å². The Morgan fingerprint density at radius 1 is 0.975 bits per heavy atom. The Hall–Kier alpha value is -2.34. The lowest BCUT2D eigenvalue weighted by Gasteiger charge is -2.30. The number of hydrogen-bond acceptors (Lipinski definition) is 9. The number of carbonyl (C=O) groups excluding carboxylic acids is 1. The van der Waals surface area contributed by atoms with Gasteiger partial charge in [0.1, 0.15) is 5.82 Å². The summed E-state index contributed by atoms with van der Waals surface area (Å²) in [4.78, 5) is 32.3. The van der Waals surface area contributed by atoms with E-state index in [1.807, 2.05) is 23.4 Å². The molecule has 5 heterocycles. The summed E-state index contributed by atoms with van der Waals surface area (Å²) in [6, 6.07) is 16.7. The number of likely N-dealkylation sites (tertiary alicyclic amines) is 1. The topological polar surface area (TPSA) is 71.0 Å². The molecule has 1 N–H and O–H groups in total. The van der Waals surface area contributed by atoms with Gasteiger partial charge >= 0.3 is 0 Å². The van der Waals surface area contributed by atoms with E-state index in [0.717, 1.165) is 62.8 Å². The standard InChI is InChI=1S/C28H25N5OS4.2ClH/c1-18(34)33-12-8-19(9-13-33)23-17-36-28(31-23)32-27-25(37-20-5-3-2-4-6-20)15-21(16-30-27)38-24-7-11-29-22-10-14-35-26(22)24;;/h2-7,10-11,14-17,19H,8-9,12-13H2,1H3,(H,30,31,32);2*1H. The highest BCUT2D eigenvalue weighted by Gasteiger charge is 2.24. The van der Waals surface area contributed by atoms with Crippen LogP contribution in [0.5, 0.6) is 0 Å². The van der Waals surface area contributed by atoms with Gasteiger partial charge < -0.3 is 10.2 Å². The Morgan fingerprint density at radius 2 is 1.75 bits per heavy atom. The lowest BCUT2D eigenvalue weighted by molar-refractivity contribution is -0.129. The number of fused-ring (bicyclic) bond motifs is 1. The summed E-state index contributed by atoms with van der Waals surface area (Å²) in [5, 5.41) is 8.55. The number of halogens is 2. The van der Waals surface area contributed by atoms with Crippen molar-refractivity contribution in [3.8, 4) is 0 Å². The van der Waals surface area contributed by atoms with Gasteiger partial charge in [-0.2, -0.15) is 0 Å². The fourth-order valence-electron chi connectivity index (χ4n) is 4.45. The molecule has 1 aromatic carbocycles. The first-order valence-corrected chi connectivity index (χ1v) is 15.7. The molecule has 0 radical (unpaired) electrons. The Bertz CT molecular complexity index is 1570. The van der Waals surface area contributed by atoms with Crippen LogP contribution in [-0.4, -0.2) is 38.8 Å². The summed E-state index contributed by atoms with van der Waals surface area (Å²) < 4.78 is 1.20. The molecule has 1 aliphatic rings. The van der Waals surface area contributed by atoms with Crippen molar-refractivity contribution in [3.05, 3.63) is 77.4 Å². The van der Waals surface area contributed by atoms with Crippen LogP contribution in [0.2, 0.25) is 0 Å². The Kier molecular flexibility index (Phi) is 10.7. The molecular weight excluding hydrogens is 622 g/mol. The molecule has 1 amide bonds. The van der Waals surface area contributed by atoms with E-state index >= 15 is 0 Å². The molecule has 0 atom stereocenters. The van der Waals surface area contributed by atoms with Crippen molar-refractivity contribution in [3.63, 3.8) is 0 Å². The first kappa shape index (κ1) is 30.6. The van der Waals surface area contributed by atoms with Gasteiger partial charge in [0.25, 0.3) is 0 Å². The van der Waals surface area contributed by atoms with Gasteiger partial charge in [-0.3, -0.25) is 9.78 Å². The summed E-state index contributed by atoms with van der Waals surface area (Å²) in [6.45, 7) is 3.25. The summed E-state index contributed by atoms with van der Waals surface area (Å²) >= 11 is 6.72. The number of aromatic nitrogens is 3. The van der Waals surface area contributed by atoms with Crippen LogP contribution in [0.25, 0.3) is 10.2 Å². The maximum Gasteiger partial charge on any atom is 0.219 e. The van der Waals surface area contributed by atoms with Crippen molar-refractivity contribution in [1.29, 1.82) is 0 Å².